The standard InChI is InChI=1S/C26H35FN4O/c1-16-4-6-21-20(12-28)22(8-9-25(16,21)2)26(3)11-17-14-31(24-7-5-19(27)13-29-24)30-23(17)10-18(26)15-32/h5,7,13-14,18,20-22,32H,1,4,6,8-12,15,28H2,2-3H3/t18-,20+,21+,22+,25-,26+/m1/s1. The fraction of sp³-hybridized carbons (Fsp3) is 0.615. The first-order valence-electron chi connectivity index (χ1n) is 12.0. The lowest BCUT2D eigenvalue weighted by Crippen LogP contribution is -2.53. The van der Waals surface area contributed by atoms with Crippen LogP contribution in [0.5, 0.6) is 0 Å². The lowest BCUT2D eigenvalue weighted by molar-refractivity contribution is -0.0536. The van der Waals surface area contributed by atoms with E-state index in [4.69, 9.17) is 10.8 Å². The number of nitrogens with two attached hydrogens (primary N) is 1. The van der Waals surface area contributed by atoms with E-state index >= 15 is 0 Å². The Hall–Kier alpha value is -2.05. The van der Waals surface area contributed by atoms with Crippen LogP contribution in [0.4, 0.5) is 4.39 Å². The maximum absolute atomic E-state index is 13.3. The minimum absolute atomic E-state index is 0.0405. The average Bonchev–Trinajstić information content (AvgIpc) is 3.32. The number of hydrogen-bond donors (Lipinski definition) is 2. The number of fused-ring (bicyclic) bond motifs is 2. The topological polar surface area (TPSA) is 77.0 Å². The van der Waals surface area contributed by atoms with Crippen LogP contribution in [0.2, 0.25) is 0 Å². The molecule has 0 saturated heterocycles. The number of aliphatic hydroxyl groups is 1. The second-order valence-electron chi connectivity index (χ2n) is 10.9. The summed E-state index contributed by atoms with van der Waals surface area (Å²) in [6.45, 7) is 10.0. The number of nitrogens with zero attached hydrogens (tertiary/aromatic N) is 3. The van der Waals surface area contributed by atoms with Gasteiger partial charge in [0.05, 0.1) is 11.9 Å². The maximum atomic E-state index is 13.3. The molecule has 6 atom stereocenters. The first kappa shape index (κ1) is 21.8. The van der Waals surface area contributed by atoms with Gasteiger partial charge >= 0.3 is 0 Å². The molecule has 0 aromatic carbocycles. The van der Waals surface area contributed by atoms with E-state index in [-0.39, 0.29) is 29.2 Å². The van der Waals surface area contributed by atoms with Crippen LogP contribution in [0.15, 0.2) is 36.7 Å². The first-order chi connectivity index (χ1) is 15.3. The third-order valence-corrected chi connectivity index (χ3v) is 9.50. The molecule has 2 fully saturated rings. The smallest absolute Gasteiger partial charge is 0.153 e. The number of aliphatic hydroxyl groups excluding tert-OH is 1. The number of pyridine rings is 1. The molecule has 5 rings (SSSR count). The molecule has 2 heterocycles. The monoisotopic (exact) mass is 438 g/mol. The Morgan fingerprint density at radius 1 is 1.28 bits per heavy atom. The molecule has 3 N–H and O–H groups in total. The molecule has 0 spiro atoms. The van der Waals surface area contributed by atoms with Gasteiger partial charge in [0, 0.05) is 12.8 Å². The molecule has 172 valence electrons. The second-order valence-corrected chi connectivity index (χ2v) is 10.9. The van der Waals surface area contributed by atoms with Crippen molar-refractivity contribution in [3.05, 3.63) is 53.8 Å². The normalized spacial score (nSPS) is 36.7. The van der Waals surface area contributed by atoms with Gasteiger partial charge in [-0.3, -0.25) is 0 Å². The van der Waals surface area contributed by atoms with Gasteiger partial charge in [-0.15, -0.1) is 0 Å². The van der Waals surface area contributed by atoms with Gasteiger partial charge in [-0.05, 0) is 97.3 Å². The second kappa shape index (κ2) is 7.77. The molecule has 6 heteroatoms. The van der Waals surface area contributed by atoms with Crippen LogP contribution in [0.25, 0.3) is 5.82 Å². The predicted molar refractivity (Wildman–Crippen MR) is 123 cm³/mol. The van der Waals surface area contributed by atoms with Crippen molar-refractivity contribution in [1.29, 1.82) is 0 Å². The molecule has 5 nitrogen and oxygen atoms in total. The fourth-order valence-corrected chi connectivity index (χ4v) is 7.46. The van der Waals surface area contributed by atoms with Crippen molar-refractivity contribution in [1.82, 2.24) is 14.8 Å². The van der Waals surface area contributed by atoms with E-state index in [0.717, 1.165) is 37.8 Å². The summed E-state index contributed by atoms with van der Waals surface area (Å²) in [5, 5.41) is 15.2. The minimum Gasteiger partial charge on any atom is -0.396 e. The Morgan fingerprint density at radius 3 is 2.78 bits per heavy atom. The lowest BCUT2D eigenvalue weighted by Gasteiger charge is -2.55. The van der Waals surface area contributed by atoms with E-state index in [2.05, 4.69) is 25.4 Å². The quantitative estimate of drug-likeness (QED) is 0.706. The summed E-state index contributed by atoms with van der Waals surface area (Å²) in [4.78, 5) is 4.18. The Bertz CT molecular complexity index is 1020. The molecule has 0 unspecified atom stereocenters. The van der Waals surface area contributed by atoms with Gasteiger partial charge in [-0.1, -0.05) is 26.0 Å². The minimum atomic E-state index is -0.356. The third kappa shape index (κ3) is 3.18. The Morgan fingerprint density at radius 2 is 2.09 bits per heavy atom. The summed E-state index contributed by atoms with van der Waals surface area (Å²) in [6.07, 6.45) is 9.49. The number of allylic oxidation sites excluding steroid dienone is 1. The lowest BCUT2D eigenvalue weighted by atomic mass is 9.49. The zero-order valence-corrected chi connectivity index (χ0v) is 19.2. The largest absolute Gasteiger partial charge is 0.396 e. The summed E-state index contributed by atoms with van der Waals surface area (Å²) in [6, 6.07) is 3.06. The highest BCUT2D eigenvalue weighted by Gasteiger charge is 2.56. The molecule has 2 aromatic rings. The van der Waals surface area contributed by atoms with Crippen molar-refractivity contribution in [2.24, 2.45) is 40.2 Å². The van der Waals surface area contributed by atoms with Crippen molar-refractivity contribution in [2.75, 3.05) is 13.2 Å². The van der Waals surface area contributed by atoms with Gasteiger partial charge in [-0.2, -0.15) is 5.10 Å². The van der Waals surface area contributed by atoms with E-state index in [1.807, 2.05) is 6.20 Å². The maximum Gasteiger partial charge on any atom is 0.153 e. The van der Waals surface area contributed by atoms with Crippen LogP contribution < -0.4 is 5.73 Å². The van der Waals surface area contributed by atoms with E-state index in [1.54, 1.807) is 10.7 Å². The van der Waals surface area contributed by atoms with E-state index in [1.165, 1.54) is 29.8 Å². The van der Waals surface area contributed by atoms with E-state index < -0.39 is 0 Å². The van der Waals surface area contributed by atoms with Crippen LogP contribution in [-0.4, -0.2) is 33.0 Å². The molecule has 3 aliphatic carbocycles. The van der Waals surface area contributed by atoms with Crippen LogP contribution in [0, 0.1) is 40.3 Å². The molecule has 2 saturated carbocycles. The van der Waals surface area contributed by atoms with Gasteiger partial charge in [0.1, 0.15) is 5.82 Å². The third-order valence-electron chi connectivity index (χ3n) is 9.50. The number of rotatable bonds is 4. The van der Waals surface area contributed by atoms with Gasteiger partial charge in [0.25, 0.3) is 0 Å². The zero-order valence-electron chi connectivity index (χ0n) is 19.2. The van der Waals surface area contributed by atoms with Crippen LogP contribution in [0.3, 0.4) is 0 Å². The fourth-order valence-electron chi connectivity index (χ4n) is 7.46. The summed E-state index contributed by atoms with van der Waals surface area (Å²) in [5.41, 5.74) is 10.3. The number of hydrogen-bond acceptors (Lipinski definition) is 4. The number of halogens is 1. The average molecular weight is 439 g/mol. The molecule has 0 bridgehead atoms. The molecule has 3 aliphatic rings. The van der Waals surface area contributed by atoms with Crippen LogP contribution in [-0.2, 0) is 12.8 Å². The molecule has 0 amide bonds. The number of aromatic nitrogens is 3. The molecular formula is C26H35FN4O. The van der Waals surface area contributed by atoms with Crippen molar-refractivity contribution >= 4 is 0 Å². The molecule has 0 aliphatic heterocycles. The van der Waals surface area contributed by atoms with E-state index in [0.29, 0.717) is 30.1 Å². The molecular weight excluding hydrogens is 403 g/mol. The first-order valence-corrected chi connectivity index (χ1v) is 12.0. The Labute approximate surface area is 189 Å². The van der Waals surface area contributed by atoms with Crippen molar-refractivity contribution in [3.63, 3.8) is 0 Å². The highest BCUT2D eigenvalue weighted by molar-refractivity contribution is 5.31. The van der Waals surface area contributed by atoms with Crippen LogP contribution in [0.1, 0.15) is 50.8 Å². The van der Waals surface area contributed by atoms with Crippen LogP contribution >= 0.6 is 0 Å². The summed E-state index contributed by atoms with van der Waals surface area (Å²) < 4.78 is 15.1. The zero-order chi connectivity index (χ0) is 22.7. The van der Waals surface area contributed by atoms with E-state index in [9.17, 15) is 9.50 Å². The SMILES string of the molecule is C=C1CC[C@H]2[C@H](CN)[C@@H]([C@@]3(C)Cc4cn(-c5ccc(F)cn5)nc4C[C@@H]3CO)CC[C@]12C. The highest BCUT2D eigenvalue weighted by atomic mass is 19.1. The summed E-state index contributed by atoms with van der Waals surface area (Å²) >= 11 is 0. The van der Waals surface area contributed by atoms with Gasteiger partial charge < -0.3 is 10.8 Å². The van der Waals surface area contributed by atoms with Crippen molar-refractivity contribution < 1.29 is 9.50 Å². The van der Waals surface area contributed by atoms with Crippen molar-refractivity contribution in [3.8, 4) is 5.82 Å². The van der Waals surface area contributed by atoms with Gasteiger partial charge in [0.2, 0.25) is 0 Å². The highest BCUT2D eigenvalue weighted by Crippen LogP contribution is 2.62. The Balaban J connectivity index is 1.48. The summed E-state index contributed by atoms with van der Waals surface area (Å²) in [7, 11) is 0. The van der Waals surface area contributed by atoms with Gasteiger partial charge in [-0.25, -0.2) is 14.1 Å². The summed E-state index contributed by atoms with van der Waals surface area (Å²) in [5.74, 6) is 1.90. The predicted octanol–water partition coefficient (Wildman–Crippen LogP) is 4.08. The Kier molecular flexibility index (Phi) is 5.29. The van der Waals surface area contributed by atoms with Gasteiger partial charge in [0.15, 0.2) is 5.82 Å². The molecule has 32 heavy (non-hydrogen) atoms. The molecule has 2 aromatic heterocycles. The van der Waals surface area contributed by atoms with Crippen molar-refractivity contribution in [2.45, 2.75) is 52.4 Å². The molecule has 0 radical (unpaired) electrons.